The maximum atomic E-state index is 4.26. The van der Waals surface area contributed by atoms with Gasteiger partial charge in [0.05, 0.1) is 12.4 Å². The van der Waals surface area contributed by atoms with E-state index in [-0.39, 0.29) is 17.0 Å². The van der Waals surface area contributed by atoms with Crippen molar-refractivity contribution in [2.24, 2.45) is 0 Å². The van der Waals surface area contributed by atoms with E-state index >= 15 is 0 Å². The number of halogens is 1. The molecule has 0 saturated carbocycles. The first kappa shape index (κ1) is 23.0. The summed E-state index contributed by atoms with van der Waals surface area (Å²) in [6.07, 6.45) is 21.1. The van der Waals surface area contributed by atoms with Crippen LogP contribution in [-0.4, -0.2) is 9.55 Å². The van der Waals surface area contributed by atoms with Crippen LogP contribution >= 0.6 is 17.0 Å². The van der Waals surface area contributed by atoms with Crippen molar-refractivity contribution in [1.82, 2.24) is 9.55 Å². The van der Waals surface area contributed by atoms with Gasteiger partial charge < -0.3 is 4.57 Å². The standard InChI is InChI=1S/C23H36N2.BrH/c1-3-4-5-6-7-8-9-10-11-12-17-23(25-19-18-24-20-25)22-16-14-13-15-21(22)2;/h13-16,18-20,23H,3-12,17H2,1-2H3;1H. The summed E-state index contributed by atoms with van der Waals surface area (Å²) >= 11 is 0. The molecule has 0 aliphatic carbocycles. The van der Waals surface area contributed by atoms with Crippen molar-refractivity contribution < 1.29 is 0 Å². The summed E-state index contributed by atoms with van der Waals surface area (Å²) in [5.41, 5.74) is 2.82. The zero-order valence-corrected chi connectivity index (χ0v) is 18.4. The van der Waals surface area contributed by atoms with Gasteiger partial charge in [0.25, 0.3) is 0 Å². The van der Waals surface area contributed by atoms with Crippen LogP contribution in [0.2, 0.25) is 0 Å². The monoisotopic (exact) mass is 420 g/mol. The molecule has 0 aliphatic rings. The second-order valence-corrected chi connectivity index (χ2v) is 7.35. The van der Waals surface area contributed by atoms with Gasteiger partial charge in [0, 0.05) is 12.4 Å². The quantitative estimate of drug-likeness (QED) is 0.303. The second-order valence-electron chi connectivity index (χ2n) is 7.35. The molecule has 0 radical (unpaired) electrons. The molecule has 3 heteroatoms. The molecule has 2 nitrogen and oxygen atoms in total. The van der Waals surface area contributed by atoms with Crippen LogP contribution in [0.1, 0.15) is 94.7 Å². The molecule has 1 aromatic carbocycles. The molecule has 0 saturated heterocycles. The van der Waals surface area contributed by atoms with Gasteiger partial charge in [-0.2, -0.15) is 0 Å². The minimum Gasteiger partial charge on any atom is -0.330 e. The van der Waals surface area contributed by atoms with Gasteiger partial charge in [0.15, 0.2) is 0 Å². The van der Waals surface area contributed by atoms with Crippen LogP contribution in [-0.2, 0) is 0 Å². The number of benzene rings is 1. The van der Waals surface area contributed by atoms with Gasteiger partial charge in [0.2, 0.25) is 0 Å². The summed E-state index contributed by atoms with van der Waals surface area (Å²) in [5.74, 6) is 0. The predicted molar refractivity (Wildman–Crippen MR) is 118 cm³/mol. The maximum Gasteiger partial charge on any atom is 0.0951 e. The van der Waals surface area contributed by atoms with Crippen LogP contribution in [0.3, 0.4) is 0 Å². The Bertz CT molecular complexity index is 565. The van der Waals surface area contributed by atoms with Gasteiger partial charge in [-0.3, -0.25) is 0 Å². The lowest BCUT2D eigenvalue weighted by molar-refractivity contribution is 0.486. The molecule has 1 atom stereocenters. The molecule has 2 rings (SSSR count). The molecule has 0 aliphatic heterocycles. The third kappa shape index (κ3) is 8.07. The van der Waals surface area contributed by atoms with E-state index in [9.17, 15) is 0 Å². The van der Waals surface area contributed by atoms with Gasteiger partial charge in [-0.05, 0) is 24.5 Å². The Morgan fingerprint density at radius 1 is 0.885 bits per heavy atom. The Morgan fingerprint density at radius 2 is 1.50 bits per heavy atom. The Labute approximate surface area is 171 Å². The van der Waals surface area contributed by atoms with Crippen molar-refractivity contribution in [2.45, 2.75) is 90.5 Å². The number of aromatic nitrogens is 2. The van der Waals surface area contributed by atoms with Crippen molar-refractivity contribution in [3.05, 3.63) is 54.1 Å². The first-order valence-corrected chi connectivity index (χ1v) is 10.4. The summed E-state index contributed by atoms with van der Waals surface area (Å²) < 4.78 is 2.27. The fourth-order valence-electron chi connectivity index (χ4n) is 3.70. The summed E-state index contributed by atoms with van der Waals surface area (Å²) in [5, 5.41) is 0. The van der Waals surface area contributed by atoms with Gasteiger partial charge in [-0.25, -0.2) is 4.98 Å². The SMILES string of the molecule is Br.CCCCCCCCCCCCC(c1ccccc1C)n1ccnc1. The molecule has 26 heavy (non-hydrogen) atoms. The molecule has 0 spiro atoms. The number of aryl methyl sites for hydroxylation is 1. The molecule has 2 aromatic rings. The van der Waals surface area contributed by atoms with Crippen LogP contribution in [0, 0.1) is 6.92 Å². The third-order valence-electron chi connectivity index (χ3n) is 5.26. The van der Waals surface area contributed by atoms with Crippen molar-refractivity contribution in [2.75, 3.05) is 0 Å². The average Bonchev–Trinajstić information content (AvgIpc) is 3.15. The Balaban J connectivity index is 0.00000338. The molecule has 0 bridgehead atoms. The summed E-state index contributed by atoms with van der Waals surface area (Å²) in [6, 6.07) is 9.21. The van der Waals surface area contributed by atoms with E-state index in [1.54, 1.807) is 0 Å². The summed E-state index contributed by atoms with van der Waals surface area (Å²) in [7, 11) is 0. The lowest BCUT2D eigenvalue weighted by atomic mass is 9.96. The smallest absolute Gasteiger partial charge is 0.0951 e. The van der Waals surface area contributed by atoms with Gasteiger partial charge >= 0.3 is 0 Å². The highest BCUT2D eigenvalue weighted by molar-refractivity contribution is 8.93. The van der Waals surface area contributed by atoms with Crippen molar-refractivity contribution >= 4 is 17.0 Å². The first-order valence-electron chi connectivity index (χ1n) is 10.4. The number of hydrogen-bond acceptors (Lipinski definition) is 1. The largest absolute Gasteiger partial charge is 0.330 e. The highest BCUT2D eigenvalue weighted by Crippen LogP contribution is 2.27. The number of unbranched alkanes of at least 4 members (excludes halogenated alkanes) is 9. The fourth-order valence-corrected chi connectivity index (χ4v) is 3.70. The predicted octanol–water partition coefficient (Wildman–Crippen LogP) is 7.67. The normalized spacial score (nSPS) is 11.9. The zero-order chi connectivity index (χ0) is 17.7. The number of rotatable bonds is 13. The minimum absolute atomic E-state index is 0. The summed E-state index contributed by atoms with van der Waals surface area (Å²) in [6.45, 7) is 4.51. The van der Waals surface area contributed by atoms with Gasteiger partial charge in [0.1, 0.15) is 0 Å². The van der Waals surface area contributed by atoms with Crippen LogP contribution < -0.4 is 0 Å². The molecule has 1 heterocycles. The third-order valence-corrected chi connectivity index (χ3v) is 5.26. The molecule has 146 valence electrons. The van der Waals surface area contributed by atoms with Gasteiger partial charge in [-0.1, -0.05) is 95.4 Å². The lowest BCUT2D eigenvalue weighted by Gasteiger charge is -2.21. The average molecular weight is 421 g/mol. The van der Waals surface area contributed by atoms with E-state index in [1.165, 1.54) is 81.8 Å². The van der Waals surface area contributed by atoms with E-state index in [4.69, 9.17) is 0 Å². The molecule has 0 fully saturated rings. The Hall–Kier alpha value is -1.09. The topological polar surface area (TPSA) is 17.8 Å². The number of nitrogens with zero attached hydrogens (tertiary/aromatic N) is 2. The Morgan fingerprint density at radius 3 is 2.08 bits per heavy atom. The second kappa shape index (κ2) is 14.0. The van der Waals surface area contributed by atoms with Crippen molar-refractivity contribution in [3.8, 4) is 0 Å². The molecular weight excluding hydrogens is 384 g/mol. The van der Waals surface area contributed by atoms with Crippen LogP contribution in [0.15, 0.2) is 43.0 Å². The van der Waals surface area contributed by atoms with E-state index in [0.717, 1.165) is 0 Å². The van der Waals surface area contributed by atoms with Crippen LogP contribution in [0.4, 0.5) is 0 Å². The van der Waals surface area contributed by atoms with Crippen molar-refractivity contribution in [3.63, 3.8) is 0 Å². The molecule has 1 aromatic heterocycles. The zero-order valence-electron chi connectivity index (χ0n) is 16.7. The highest BCUT2D eigenvalue weighted by Gasteiger charge is 2.14. The number of hydrogen-bond donors (Lipinski definition) is 0. The molecule has 1 unspecified atom stereocenters. The first-order chi connectivity index (χ1) is 12.3. The van der Waals surface area contributed by atoms with Gasteiger partial charge in [-0.15, -0.1) is 17.0 Å². The van der Waals surface area contributed by atoms with E-state index in [2.05, 4.69) is 53.9 Å². The molecule has 0 N–H and O–H groups in total. The molecule has 0 amide bonds. The van der Waals surface area contributed by atoms with Crippen LogP contribution in [0.5, 0.6) is 0 Å². The van der Waals surface area contributed by atoms with E-state index < -0.39 is 0 Å². The highest BCUT2D eigenvalue weighted by atomic mass is 79.9. The Kier molecular flexibility index (Phi) is 12.4. The summed E-state index contributed by atoms with van der Waals surface area (Å²) in [4.78, 5) is 4.26. The van der Waals surface area contributed by atoms with E-state index in [0.29, 0.717) is 6.04 Å². The molecular formula is C23H37BrN2. The van der Waals surface area contributed by atoms with E-state index in [1.807, 2.05) is 12.5 Å². The number of imidazole rings is 1. The fraction of sp³-hybridized carbons (Fsp3) is 0.609. The van der Waals surface area contributed by atoms with Crippen molar-refractivity contribution in [1.29, 1.82) is 0 Å². The van der Waals surface area contributed by atoms with Crippen LogP contribution in [0.25, 0.3) is 0 Å². The minimum atomic E-state index is 0. The lowest BCUT2D eigenvalue weighted by Crippen LogP contribution is -2.10. The maximum absolute atomic E-state index is 4.26.